The van der Waals surface area contributed by atoms with E-state index in [4.69, 9.17) is 8.49 Å². The molecule has 0 bridgehead atoms. The molecule has 0 saturated carbocycles. The van der Waals surface area contributed by atoms with Gasteiger partial charge in [0, 0.05) is 14.7 Å². The van der Waals surface area contributed by atoms with Crippen molar-refractivity contribution in [3.63, 3.8) is 0 Å². The van der Waals surface area contributed by atoms with Gasteiger partial charge in [0.1, 0.15) is 0 Å². The largest absolute Gasteiger partial charge is 0.523 e. The van der Waals surface area contributed by atoms with E-state index in [0.717, 1.165) is 33.9 Å². The molecule has 3 rings (SSSR count). The zero-order chi connectivity index (χ0) is 21.3. The van der Waals surface area contributed by atoms with E-state index in [1.165, 1.54) is 0 Å². The van der Waals surface area contributed by atoms with Crippen LogP contribution in [0.2, 0.25) is 0 Å². The maximum absolute atomic E-state index is 15.3. The van der Waals surface area contributed by atoms with Crippen LogP contribution in [-0.2, 0) is 13.1 Å². The molecule has 0 spiro atoms. The quantitative estimate of drug-likeness (QED) is 0.219. The number of hydrogen-bond donors (Lipinski definition) is 0. The fourth-order valence-electron chi connectivity index (χ4n) is 3.23. The van der Waals surface area contributed by atoms with E-state index < -0.39 is 18.2 Å². The monoisotopic (exact) mass is 446 g/mol. The van der Waals surface area contributed by atoms with Crippen molar-refractivity contribution in [2.45, 2.75) is 47.3 Å². The first kappa shape index (κ1) is 22.8. The minimum Gasteiger partial charge on any atom is -0.283 e. The van der Waals surface area contributed by atoms with E-state index >= 15 is 4.20 Å². The van der Waals surface area contributed by atoms with Gasteiger partial charge in [-0.3, -0.25) is 4.52 Å². The van der Waals surface area contributed by atoms with Gasteiger partial charge >= 0.3 is 7.91 Å². The molecule has 0 aromatic heterocycles. The Balaban J connectivity index is 2.04. The highest BCUT2D eigenvalue weighted by Crippen LogP contribution is 2.77. The van der Waals surface area contributed by atoms with Gasteiger partial charge in [-0.25, -0.2) is 8.54 Å². The molecule has 1 atom stereocenters. The Labute approximate surface area is 180 Å². The Hall–Kier alpha value is -1.91. The van der Waals surface area contributed by atoms with Crippen molar-refractivity contribution in [3.05, 3.63) is 91.0 Å². The summed E-state index contributed by atoms with van der Waals surface area (Å²) >= 11 is 0. The zero-order valence-electron chi connectivity index (χ0n) is 17.2. The molecule has 0 N–H and O–H groups in total. The Bertz CT molecular complexity index is 842. The van der Waals surface area contributed by atoms with E-state index in [1.807, 2.05) is 91.0 Å². The van der Waals surface area contributed by atoms with E-state index in [-0.39, 0.29) is 6.61 Å². The first-order chi connectivity index (χ1) is 14.6. The third kappa shape index (κ3) is 5.61. The number of benzene rings is 3. The summed E-state index contributed by atoms with van der Waals surface area (Å²) in [6.45, 7) is 2.17. The standard InChI is InChI=1S/C24H28FO3PS/c1-2-3-4-14-21-27-29(25,26)28-30(22-15-8-5-9-16-22,23-17-10-6-11-18-23)24-19-12-7-13-20-24/h5-13,15-20H,2-4,14,21H2,1H3. The van der Waals surface area contributed by atoms with Crippen LogP contribution >= 0.6 is 18.2 Å². The van der Waals surface area contributed by atoms with Crippen LogP contribution in [0.15, 0.2) is 106 Å². The van der Waals surface area contributed by atoms with Crippen molar-refractivity contribution in [2.75, 3.05) is 6.61 Å². The summed E-state index contributed by atoms with van der Waals surface area (Å²) in [4.78, 5) is 2.28. The second kappa shape index (κ2) is 10.9. The lowest BCUT2D eigenvalue weighted by atomic mass is 10.2. The molecule has 1 unspecified atom stereocenters. The van der Waals surface area contributed by atoms with Crippen LogP contribution in [-0.4, -0.2) is 6.61 Å². The van der Waals surface area contributed by atoms with Crippen LogP contribution in [0.5, 0.6) is 0 Å². The van der Waals surface area contributed by atoms with Gasteiger partial charge in [0.15, 0.2) is 0 Å². The molecule has 3 nitrogen and oxygen atoms in total. The molecular formula is C24H28FO3PS. The Morgan fingerprint density at radius 2 is 1.17 bits per heavy atom. The third-order valence-electron chi connectivity index (χ3n) is 4.67. The van der Waals surface area contributed by atoms with Gasteiger partial charge in [-0.15, -0.1) is 4.20 Å². The van der Waals surface area contributed by atoms with E-state index in [1.54, 1.807) is 0 Å². The molecule has 0 aliphatic rings. The lowest BCUT2D eigenvalue weighted by Gasteiger charge is -2.40. The number of unbranched alkanes of at least 4 members (excludes halogenated alkanes) is 3. The molecule has 6 heteroatoms. The smallest absolute Gasteiger partial charge is 0.283 e. The summed E-state index contributed by atoms with van der Waals surface area (Å²) in [5.41, 5.74) is 0. The van der Waals surface area contributed by atoms with Crippen LogP contribution < -0.4 is 0 Å². The zero-order valence-corrected chi connectivity index (χ0v) is 18.9. The summed E-state index contributed by atoms with van der Waals surface area (Å²) in [6.07, 6.45) is 3.65. The molecule has 0 aliphatic heterocycles. The summed E-state index contributed by atoms with van der Waals surface area (Å²) in [5.74, 6) is 0. The fourth-order valence-corrected chi connectivity index (χ4v) is 8.29. The SMILES string of the molecule is CCCCCCOP(=O)(F)OS(c1ccccc1)(c1ccccc1)c1ccccc1. The minimum atomic E-state index is -4.82. The van der Waals surface area contributed by atoms with Gasteiger partial charge in [0.2, 0.25) is 0 Å². The molecule has 30 heavy (non-hydrogen) atoms. The minimum absolute atomic E-state index is 0.0711. The second-order valence-electron chi connectivity index (χ2n) is 6.89. The first-order valence-electron chi connectivity index (χ1n) is 10.2. The molecule has 0 saturated heterocycles. The first-order valence-corrected chi connectivity index (χ1v) is 13.2. The number of rotatable bonds is 11. The summed E-state index contributed by atoms with van der Waals surface area (Å²) in [7, 11) is -7.42. The van der Waals surface area contributed by atoms with Crippen LogP contribution in [0, 0.1) is 0 Å². The second-order valence-corrected chi connectivity index (χ2v) is 11.1. The highest BCUT2D eigenvalue weighted by Gasteiger charge is 2.41. The topological polar surface area (TPSA) is 35.5 Å². The van der Waals surface area contributed by atoms with Crippen molar-refractivity contribution < 1.29 is 17.3 Å². The highest BCUT2D eigenvalue weighted by molar-refractivity contribution is 8.31. The van der Waals surface area contributed by atoms with Gasteiger partial charge in [0.25, 0.3) is 0 Å². The van der Waals surface area contributed by atoms with Gasteiger partial charge in [-0.2, -0.15) is 0 Å². The van der Waals surface area contributed by atoms with E-state index in [9.17, 15) is 4.57 Å². The summed E-state index contributed by atoms with van der Waals surface area (Å²) in [6, 6.07) is 28.2. The Kier molecular flexibility index (Phi) is 8.29. The highest BCUT2D eigenvalue weighted by atomic mass is 32.3. The van der Waals surface area contributed by atoms with E-state index in [2.05, 4.69) is 6.92 Å². The predicted molar refractivity (Wildman–Crippen MR) is 122 cm³/mol. The maximum atomic E-state index is 15.3. The van der Waals surface area contributed by atoms with Crippen molar-refractivity contribution in [3.8, 4) is 0 Å². The molecular weight excluding hydrogens is 418 g/mol. The van der Waals surface area contributed by atoms with Gasteiger partial charge < -0.3 is 0 Å². The molecule has 3 aromatic carbocycles. The lowest BCUT2D eigenvalue weighted by Crippen LogP contribution is -2.07. The van der Waals surface area contributed by atoms with Crippen LogP contribution in [0.25, 0.3) is 0 Å². The van der Waals surface area contributed by atoms with Crippen LogP contribution in [0.4, 0.5) is 4.20 Å². The molecule has 160 valence electrons. The average Bonchev–Trinajstić information content (AvgIpc) is 2.79. The van der Waals surface area contributed by atoms with E-state index in [0.29, 0.717) is 6.42 Å². The molecule has 0 heterocycles. The normalized spacial score (nSPS) is 14.2. The third-order valence-corrected chi connectivity index (χ3v) is 9.58. The molecule has 0 radical (unpaired) electrons. The number of hydrogen-bond acceptors (Lipinski definition) is 3. The number of halogens is 1. The van der Waals surface area contributed by atoms with Crippen LogP contribution in [0.1, 0.15) is 32.6 Å². The average molecular weight is 447 g/mol. The van der Waals surface area contributed by atoms with Crippen LogP contribution in [0.3, 0.4) is 0 Å². The van der Waals surface area contributed by atoms with Gasteiger partial charge in [-0.1, -0.05) is 80.8 Å². The van der Waals surface area contributed by atoms with Crippen molar-refractivity contribution in [2.24, 2.45) is 0 Å². The van der Waals surface area contributed by atoms with Crippen molar-refractivity contribution in [1.82, 2.24) is 0 Å². The lowest BCUT2D eigenvalue weighted by molar-refractivity contribution is 0.233. The Morgan fingerprint density at radius 1 is 0.733 bits per heavy atom. The maximum Gasteiger partial charge on any atom is 0.523 e. The van der Waals surface area contributed by atoms with Crippen molar-refractivity contribution in [1.29, 1.82) is 0 Å². The Morgan fingerprint density at radius 3 is 1.57 bits per heavy atom. The molecule has 0 fully saturated rings. The van der Waals surface area contributed by atoms with Crippen molar-refractivity contribution >= 4 is 18.2 Å². The fraction of sp³-hybridized carbons (Fsp3) is 0.250. The molecule has 3 aromatic rings. The summed E-state index contributed by atoms with van der Waals surface area (Å²) in [5, 5.41) is 0. The van der Waals surface area contributed by atoms with Gasteiger partial charge in [0.05, 0.1) is 6.61 Å². The predicted octanol–water partition coefficient (Wildman–Crippen LogP) is 8.57. The molecule has 0 aliphatic carbocycles. The summed E-state index contributed by atoms with van der Waals surface area (Å²) < 4.78 is 39.3. The van der Waals surface area contributed by atoms with Gasteiger partial charge in [-0.05, 0) is 53.1 Å². The molecule has 0 amide bonds.